The fraction of sp³-hybridized carbons (Fsp3) is 0.667. The molecule has 0 saturated carbocycles. The largest absolute Gasteiger partial charge is 0.444 e. The van der Waals surface area contributed by atoms with E-state index in [4.69, 9.17) is 10.5 Å². The molecular formula is C15H25N3O2. The number of hydrogen-bond acceptors (Lipinski definition) is 3. The lowest BCUT2D eigenvalue weighted by Gasteiger charge is -2.33. The van der Waals surface area contributed by atoms with Crippen LogP contribution in [0.1, 0.15) is 50.8 Å². The van der Waals surface area contributed by atoms with Gasteiger partial charge in [0.05, 0.1) is 0 Å². The Labute approximate surface area is 120 Å². The number of carbonyl (C=O) groups is 1. The molecule has 0 aliphatic carbocycles. The van der Waals surface area contributed by atoms with E-state index in [0.29, 0.717) is 12.5 Å². The van der Waals surface area contributed by atoms with Crippen LogP contribution in [-0.2, 0) is 11.3 Å². The summed E-state index contributed by atoms with van der Waals surface area (Å²) >= 11 is 0. The molecule has 1 aliphatic rings. The second kappa shape index (κ2) is 5.87. The Morgan fingerprint density at radius 1 is 1.45 bits per heavy atom. The van der Waals surface area contributed by atoms with E-state index >= 15 is 0 Å². The lowest BCUT2D eigenvalue weighted by atomic mass is 9.93. The van der Waals surface area contributed by atoms with Crippen molar-refractivity contribution in [1.82, 2.24) is 9.88 Å². The normalized spacial score (nSPS) is 17.3. The molecule has 0 spiro atoms. The number of rotatable bonds is 2. The van der Waals surface area contributed by atoms with Gasteiger partial charge >= 0.3 is 6.09 Å². The quantitative estimate of drug-likeness (QED) is 0.874. The number of nitrogens with zero attached hydrogens (tertiary/aromatic N) is 1. The molecule has 0 bridgehead atoms. The lowest BCUT2D eigenvalue weighted by molar-refractivity contribution is 0.0204. The van der Waals surface area contributed by atoms with E-state index < -0.39 is 5.60 Å². The molecule has 0 atom stereocenters. The van der Waals surface area contributed by atoms with Crippen LogP contribution in [-0.4, -0.2) is 34.7 Å². The van der Waals surface area contributed by atoms with Gasteiger partial charge in [-0.3, -0.25) is 0 Å². The van der Waals surface area contributed by atoms with Gasteiger partial charge in [-0.25, -0.2) is 4.79 Å². The highest BCUT2D eigenvalue weighted by Crippen LogP contribution is 2.28. The summed E-state index contributed by atoms with van der Waals surface area (Å²) in [6, 6.07) is 2.13. The molecule has 0 radical (unpaired) electrons. The minimum Gasteiger partial charge on any atom is -0.444 e. The van der Waals surface area contributed by atoms with Crippen LogP contribution in [0, 0.1) is 0 Å². The molecule has 1 aromatic heterocycles. The molecule has 1 aromatic rings. The van der Waals surface area contributed by atoms with Gasteiger partial charge in [0.1, 0.15) is 5.60 Å². The molecule has 1 amide bonds. The van der Waals surface area contributed by atoms with Gasteiger partial charge in [0, 0.05) is 37.4 Å². The highest BCUT2D eigenvalue weighted by Gasteiger charge is 2.27. The van der Waals surface area contributed by atoms with E-state index in [0.717, 1.165) is 31.5 Å². The summed E-state index contributed by atoms with van der Waals surface area (Å²) in [5.41, 5.74) is 7.56. The molecule has 3 N–H and O–H groups in total. The van der Waals surface area contributed by atoms with Crippen LogP contribution in [0.3, 0.4) is 0 Å². The van der Waals surface area contributed by atoms with E-state index in [1.54, 1.807) is 4.90 Å². The molecule has 1 fully saturated rings. The Balaban J connectivity index is 1.87. The van der Waals surface area contributed by atoms with Crippen molar-refractivity contribution in [2.75, 3.05) is 13.1 Å². The Morgan fingerprint density at radius 3 is 2.60 bits per heavy atom. The smallest absolute Gasteiger partial charge is 0.410 e. The van der Waals surface area contributed by atoms with Gasteiger partial charge in [0.2, 0.25) is 0 Å². The highest BCUT2D eigenvalue weighted by atomic mass is 16.6. The van der Waals surface area contributed by atoms with Crippen molar-refractivity contribution in [2.45, 2.75) is 51.7 Å². The number of amides is 1. The Kier molecular flexibility index (Phi) is 4.38. The van der Waals surface area contributed by atoms with Crippen molar-refractivity contribution in [3.63, 3.8) is 0 Å². The number of hydrogen-bond donors (Lipinski definition) is 2. The van der Waals surface area contributed by atoms with Crippen molar-refractivity contribution in [3.05, 3.63) is 23.5 Å². The first-order valence-electron chi connectivity index (χ1n) is 7.24. The summed E-state index contributed by atoms with van der Waals surface area (Å²) in [7, 11) is 0. The van der Waals surface area contributed by atoms with Crippen LogP contribution in [0.25, 0.3) is 0 Å². The molecule has 2 rings (SSSR count). The summed E-state index contributed by atoms with van der Waals surface area (Å²) in [5, 5.41) is 0. The molecule has 20 heavy (non-hydrogen) atoms. The minimum atomic E-state index is -0.427. The van der Waals surface area contributed by atoms with Gasteiger partial charge in [-0.2, -0.15) is 0 Å². The minimum absolute atomic E-state index is 0.204. The first-order chi connectivity index (χ1) is 9.39. The van der Waals surface area contributed by atoms with E-state index in [-0.39, 0.29) is 6.09 Å². The van der Waals surface area contributed by atoms with Crippen molar-refractivity contribution in [1.29, 1.82) is 0 Å². The molecule has 1 saturated heterocycles. The third-order valence-electron chi connectivity index (χ3n) is 3.59. The van der Waals surface area contributed by atoms with Crippen LogP contribution in [0.5, 0.6) is 0 Å². The highest BCUT2D eigenvalue weighted by molar-refractivity contribution is 5.68. The fourth-order valence-electron chi connectivity index (χ4n) is 2.51. The van der Waals surface area contributed by atoms with Gasteiger partial charge < -0.3 is 20.4 Å². The predicted molar refractivity (Wildman–Crippen MR) is 78.5 cm³/mol. The SMILES string of the molecule is CC(C)(C)OC(=O)N1CCC(c2cc(CN)c[nH]2)CC1. The monoisotopic (exact) mass is 279 g/mol. The number of piperidine rings is 1. The number of carbonyl (C=O) groups excluding carboxylic acids is 1. The Bertz CT molecular complexity index is 454. The second-order valence-electron chi connectivity index (χ2n) is 6.41. The number of nitrogens with one attached hydrogen (secondary N) is 1. The average Bonchev–Trinajstić information content (AvgIpc) is 2.85. The van der Waals surface area contributed by atoms with Crippen LogP contribution < -0.4 is 5.73 Å². The topological polar surface area (TPSA) is 71.3 Å². The lowest BCUT2D eigenvalue weighted by Crippen LogP contribution is -2.41. The van der Waals surface area contributed by atoms with Crippen LogP contribution >= 0.6 is 0 Å². The molecular weight excluding hydrogens is 254 g/mol. The molecule has 0 unspecified atom stereocenters. The number of nitrogens with two attached hydrogens (primary N) is 1. The third-order valence-corrected chi connectivity index (χ3v) is 3.59. The van der Waals surface area contributed by atoms with Gasteiger partial charge in [-0.15, -0.1) is 0 Å². The van der Waals surface area contributed by atoms with E-state index in [9.17, 15) is 4.79 Å². The van der Waals surface area contributed by atoms with Crippen LogP contribution in [0.15, 0.2) is 12.3 Å². The summed E-state index contributed by atoms with van der Waals surface area (Å²) in [6.45, 7) is 7.74. The predicted octanol–water partition coefficient (Wildman–Crippen LogP) is 2.59. The number of ether oxygens (including phenoxy) is 1. The summed E-state index contributed by atoms with van der Waals surface area (Å²) in [5.74, 6) is 0.481. The van der Waals surface area contributed by atoms with Crippen LogP contribution in [0.2, 0.25) is 0 Å². The maximum absolute atomic E-state index is 12.0. The Morgan fingerprint density at radius 2 is 2.10 bits per heavy atom. The first-order valence-corrected chi connectivity index (χ1v) is 7.24. The zero-order valence-corrected chi connectivity index (χ0v) is 12.6. The van der Waals surface area contributed by atoms with Gasteiger partial charge in [0.15, 0.2) is 0 Å². The van der Waals surface area contributed by atoms with Gasteiger partial charge in [-0.1, -0.05) is 0 Å². The van der Waals surface area contributed by atoms with Crippen molar-refractivity contribution in [2.24, 2.45) is 5.73 Å². The summed E-state index contributed by atoms with van der Waals surface area (Å²) < 4.78 is 5.40. The van der Waals surface area contributed by atoms with Crippen molar-refractivity contribution < 1.29 is 9.53 Å². The molecule has 1 aliphatic heterocycles. The van der Waals surface area contributed by atoms with E-state index in [2.05, 4.69) is 11.1 Å². The van der Waals surface area contributed by atoms with E-state index in [1.165, 1.54) is 5.69 Å². The Hall–Kier alpha value is -1.49. The summed E-state index contributed by atoms with van der Waals surface area (Å²) in [4.78, 5) is 17.1. The standard InChI is InChI=1S/C15H25N3O2/c1-15(2,3)20-14(19)18-6-4-12(5-7-18)13-8-11(9-16)10-17-13/h8,10,12,17H,4-7,9,16H2,1-3H3. The first kappa shape index (κ1) is 14.9. The zero-order chi connectivity index (χ0) is 14.8. The number of aromatic nitrogens is 1. The van der Waals surface area contributed by atoms with E-state index in [1.807, 2.05) is 27.0 Å². The molecule has 0 aromatic carbocycles. The maximum Gasteiger partial charge on any atom is 0.410 e. The third kappa shape index (κ3) is 3.76. The van der Waals surface area contributed by atoms with Gasteiger partial charge in [-0.05, 0) is 45.2 Å². The zero-order valence-electron chi connectivity index (χ0n) is 12.6. The average molecular weight is 279 g/mol. The number of likely N-dealkylation sites (tertiary alicyclic amines) is 1. The van der Waals surface area contributed by atoms with Crippen molar-refractivity contribution >= 4 is 6.09 Å². The number of aromatic amines is 1. The van der Waals surface area contributed by atoms with Crippen molar-refractivity contribution in [3.8, 4) is 0 Å². The molecule has 5 nitrogen and oxygen atoms in total. The fourth-order valence-corrected chi connectivity index (χ4v) is 2.51. The molecule has 5 heteroatoms. The molecule has 2 heterocycles. The second-order valence-corrected chi connectivity index (χ2v) is 6.41. The number of H-pyrrole nitrogens is 1. The summed E-state index contributed by atoms with van der Waals surface area (Å²) in [6.07, 6.45) is 3.69. The maximum atomic E-state index is 12.0. The van der Waals surface area contributed by atoms with Gasteiger partial charge in [0.25, 0.3) is 0 Å². The molecule has 112 valence electrons. The van der Waals surface area contributed by atoms with Crippen LogP contribution in [0.4, 0.5) is 4.79 Å².